The lowest BCUT2D eigenvalue weighted by Crippen LogP contribution is -2.24. The second-order valence-corrected chi connectivity index (χ2v) is 5.84. The summed E-state index contributed by atoms with van der Waals surface area (Å²) in [6.07, 6.45) is 0. The zero-order valence-electron chi connectivity index (χ0n) is 11.8. The van der Waals surface area contributed by atoms with E-state index in [9.17, 15) is 4.79 Å². The summed E-state index contributed by atoms with van der Waals surface area (Å²) in [7, 11) is 0. The highest BCUT2D eigenvalue weighted by Gasteiger charge is 2.05. The maximum Gasteiger partial charge on any atom is 0.230 e. The fraction of sp³-hybridized carbons (Fsp3) is 0.235. The van der Waals surface area contributed by atoms with E-state index in [4.69, 9.17) is 0 Å². The highest BCUT2D eigenvalue weighted by Crippen LogP contribution is 2.22. The third-order valence-electron chi connectivity index (χ3n) is 3.02. The summed E-state index contributed by atoms with van der Waals surface area (Å²) in [4.78, 5) is 13.0. The number of carbonyl (C=O) groups is 1. The van der Waals surface area contributed by atoms with Gasteiger partial charge in [0.1, 0.15) is 0 Å². The second-order valence-electron chi connectivity index (χ2n) is 4.82. The van der Waals surface area contributed by atoms with Gasteiger partial charge < -0.3 is 5.32 Å². The van der Waals surface area contributed by atoms with Crippen molar-refractivity contribution in [3.63, 3.8) is 0 Å². The molecule has 1 amide bonds. The molecule has 2 aromatic rings. The van der Waals surface area contributed by atoms with Crippen molar-refractivity contribution in [2.75, 3.05) is 5.75 Å². The first-order valence-electron chi connectivity index (χ1n) is 6.66. The van der Waals surface area contributed by atoms with E-state index in [-0.39, 0.29) is 5.91 Å². The van der Waals surface area contributed by atoms with Crippen LogP contribution in [0.2, 0.25) is 0 Å². The Morgan fingerprint density at radius 3 is 2.55 bits per heavy atom. The minimum atomic E-state index is 0.0684. The molecular weight excluding hydrogens is 266 g/mol. The molecule has 0 heterocycles. The van der Waals surface area contributed by atoms with E-state index in [0.717, 1.165) is 5.56 Å². The average molecular weight is 285 g/mol. The quantitative estimate of drug-likeness (QED) is 0.848. The van der Waals surface area contributed by atoms with Gasteiger partial charge in [-0.1, -0.05) is 48.0 Å². The molecule has 2 rings (SSSR count). The van der Waals surface area contributed by atoms with Crippen LogP contribution in [0.5, 0.6) is 0 Å². The minimum Gasteiger partial charge on any atom is -0.351 e. The summed E-state index contributed by atoms with van der Waals surface area (Å²) >= 11 is 1.59. The number of hydrogen-bond acceptors (Lipinski definition) is 2. The number of hydrogen-bond donors (Lipinski definition) is 1. The second kappa shape index (κ2) is 7.15. The summed E-state index contributed by atoms with van der Waals surface area (Å²) in [6, 6.07) is 16.3. The van der Waals surface area contributed by atoms with Gasteiger partial charge in [0.25, 0.3) is 0 Å². The van der Waals surface area contributed by atoms with Gasteiger partial charge in [0.2, 0.25) is 5.91 Å². The summed E-state index contributed by atoms with van der Waals surface area (Å²) in [5.41, 5.74) is 3.60. The number of aryl methyl sites for hydroxylation is 2. The number of benzene rings is 2. The summed E-state index contributed by atoms with van der Waals surface area (Å²) in [6.45, 7) is 4.75. The van der Waals surface area contributed by atoms with Crippen LogP contribution in [0.4, 0.5) is 0 Å². The molecular formula is C17H19NOS. The molecule has 2 nitrogen and oxygen atoms in total. The largest absolute Gasteiger partial charge is 0.351 e. The molecule has 0 aliphatic heterocycles. The minimum absolute atomic E-state index is 0.0684. The van der Waals surface area contributed by atoms with Crippen molar-refractivity contribution in [2.24, 2.45) is 0 Å². The highest BCUT2D eigenvalue weighted by atomic mass is 32.2. The fourth-order valence-electron chi connectivity index (χ4n) is 1.95. The summed E-state index contributed by atoms with van der Waals surface area (Å²) in [5, 5.41) is 2.94. The molecule has 104 valence electrons. The Hall–Kier alpha value is -1.74. The number of nitrogens with one attached hydrogen (secondary N) is 1. The number of amides is 1. The van der Waals surface area contributed by atoms with Gasteiger partial charge in [-0.25, -0.2) is 0 Å². The van der Waals surface area contributed by atoms with Gasteiger partial charge in [-0.3, -0.25) is 4.79 Å². The van der Waals surface area contributed by atoms with Gasteiger partial charge in [0, 0.05) is 11.4 Å². The average Bonchev–Trinajstić information content (AvgIpc) is 2.45. The van der Waals surface area contributed by atoms with Crippen molar-refractivity contribution in [3.05, 3.63) is 65.2 Å². The molecule has 0 spiro atoms. The molecule has 0 saturated heterocycles. The normalized spacial score (nSPS) is 10.3. The van der Waals surface area contributed by atoms with E-state index in [1.165, 1.54) is 16.0 Å². The zero-order chi connectivity index (χ0) is 14.4. The van der Waals surface area contributed by atoms with Gasteiger partial charge >= 0.3 is 0 Å². The summed E-state index contributed by atoms with van der Waals surface area (Å²) < 4.78 is 0. The van der Waals surface area contributed by atoms with E-state index in [1.54, 1.807) is 11.8 Å². The van der Waals surface area contributed by atoms with Crippen LogP contribution in [-0.2, 0) is 11.3 Å². The first kappa shape index (κ1) is 14.7. The molecule has 0 radical (unpaired) electrons. The maximum absolute atomic E-state index is 11.8. The Balaban J connectivity index is 1.80. The standard InChI is InChI=1S/C17H19NOS/c1-13-8-9-16(14(2)10-13)20-12-17(19)18-11-15-6-4-3-5-7-15/h3-10H,11-12H2,1-2H3,(H,18,19). The smallest absolute Gasteiger partial charge is 0.230 e. The van der Waals surface area contributed by atoms with Gasteiger partial charge in [0.15, 0.2) is 0 Å². The van der Waals surface area contributed by atoms with Crippen LogP contribution in [0.25, 0.3) is 0 Å². The van der Waals surface area contributed by atoms with Gasteiger partial charge in [-0.15, -0.1) is 11.8 Å². The first-order chi connectivity index (χ1) is 9.65. The molecule has 0 aromatic heterocycles. The molecule has 0 aliphatic carbocycles. The monoisotopic (exact) mass is 285 g/mol. The topological polar surface area (TPSA) is 29.1 Å². The van der Waals surface area contributed by atoms with E-state index in [2.05, 4.69) is 37.4 Å². The number of rotatable bonds is 5. The molecule has 1 N–H and O–H groups in total. The lowest BCUT2D eigenvalue weighted by Gasteiger charge is -2.07. The Morgan fingerprint density at radius 2 is 1.85 bits per heavy atom. The molecule has 0 unspecified atom stereocenters. The van der Waals surface area contributed by atoms with Crippen molar-refractivity contribution < 1.29 is 4.79 Å². The Labute approximate surface area is 124 Å². The van der Waals surface area contributed by atoms with Crippen LogP contribution < -0.4 is 5.32 Å². The lowest BCUT2D eigenvalue weighted by atomic mass is 10.2. The summed E-state index contributed by atoms with van der Waals surface area (Å²) in [5.74, 6) is 0.523. The predicted molar refractivity (Wildman–Crippen MR) is 84.9 cm³/mol. The zero-order valence-corrected chi connectivity index (χ0v) is 12.7. The highest BCUT2D eigenvalue weighted by molar-refractivity contribution is 8.00. The SMILES string of the molecule is Cc1ccc(SCC(=O)NCc2ccccc2)c(C)c1. The lowest BCUT2D eigenvalue weighted by molar-refractivity contribution is -0.118. The molecule has 3 heteroatoms. The van der Waals surface area contributed by atoms with Crippen LogP contribution in [0.1, 0.15) is 16.7 Å². The van der Waals surface area contributed by atoms with E-state index >= 15 is 0 Å². The van der Waals surface area contributed by atoms with Crippen molar-refractivity contribution >= 4 is 17.7 Å². The van der Waals surface area contributed by atoms with Crippen LogP contribution in [-0.4, -0.2) is 11.7 Å². The Bertz CT molecular complexity index is 581. The third kappa shape index (κ3) is 4.42. The van der Waals surface area contributed by atoms with Crippen LogP contribution in [0, 0.1) is 13.8 Å². The van der Waals surface area contributed by atoms with Crippen molar-refractivity contribution in [3.8, 4) is 0 Å². The first-order valence-corrected chi connectivity index (χ1v) is 7.64. The fourth-order valence-corrected chi connectivity index (χ4v) is 2.79. The van der Waals surface area contributed by atoms with Crippen molar-refractivity contribution in [1.82, 2.24) is 5.32 Å². The Kier molecular flexibility index (Phi) is 5.24. The molecule has 20 heavy (non-hydrogen) atoms. The molecule has 0 aliphatic rings. The van der Waals surface area contributed by atoms with Crippen LogP contribution >= 0.6 is 11.8 Å². The van der Waals surface area contributed by atoms with Crippen molar-refractivity contribution in [1.29, 1.82) is 0 Å². The molecule has 0 bridgehead atoms. The van der Waals surface area contributed by atoms with E-state index < -0.39 is 0 Å². The predicted octanol–water partition coefficient (Wildman–Crippen LogP) is 3.71. The molecule has 2 aromatic carbocycles. The third-order valence-corrected chi connectivity index (χ3v) is 4.20. The van der Waals surface area contributed by atoms with Gasteiger partial charge in [-0.05, 0) is 31.0 Å². The van der Waals surface area contributed by atoms with Gasteiger partial charge in [-0.2, -0.15) is 0 Å². The number of carbonyl (C=O) groups excluding carboxylic acids is 1. The maximum atomic E-state index is 11.8. The molecule has 0 saturated carbocycles. The molecule has 0 fully saturated rings. The van der Waals surface area contributed by atoms with Crippen molar-refractivity contribution in [2.45, 2.75) is 25.3 Å². The van der Waals surface area contributed by atoms with Crippen LogP contribution in [0.15, 0.2) is 53.4 Å². The molecule has 0 atom stereocenters. The van der Waals surface area contributed by atoms with E-state index in [1.807, 2.05) is 30.3 Å². The van der Waals surface area contributed by atoms with Gasteiger partial charge in [0.05, 0.1) is 5.75 Å². The van der Waals surface area contributed by atoms with E-state index in [0.29, 0.717) is 12.3 Å². The Morgan fingerprint density at radius 1 is 1.10 bits per heavy atom. The number of thioether (sulfide) groups is 1. The van der Waals surface area contributed by atoms with Crippen LogP contribution in [0.3, 0.4) is 0 Å².